The van der Waals surface area contributed by atoms with E-state index >= 15 is 0 Å². The Morgan fingerprint density at radius 1 is 1.08 bits per heavy atom. The molecule has 1 heterocycles. The molecule has 6 nitrogen and oxygen atoms in total. The van der Waals surface area contributed by atoms with E-state index in [1.807, 2.05) is 13.8 Å². The van der Waals surface area contributed by atoms with Crippen molar-refractivity contribution in [1.82, 2.24) is 0 Å². The minimum absolute atomic E-state index is 0.151. The average Bonchev–Trinajstić information content (AvgIpc) is 2.57. The van der Waals surface area contributed by atoms with Gasteiger partial charge in [0.25, 0.3) is 0 Å². The van der Waals surface area contributed by atoms with E-state index in [-0.39, 0.29) is 16.7 Å². The van der Waals surface area contributed by atoms with Crippen molar-refractivity contribution in [3.63, 3.8) is 0 Å². The molecule has 1 rings (SSSR count). The molecule has 1 aliphatic heterocycles. The summed E-state index contributed by atoms with van der Waals surface area (Å²) in [5.74, 6) is -1.66. The molecule has 8 heteroatoms. The maximum absolute atomic E-state index is 13.1. The van der Waals surface area contributed by atoms with Crippen LogP contribution >= 0.6 is 23.5 Å². The molecule has 1 fully saturated rings. The van der Waals surface area contributed by atoms with Crippen LogP contribution in [0.1, 0.15) is 41.0 Å². The molecule has 0 spiro atoms. The maximum atomic E-state index is 13.1. The van der Waals surface area contributed by atoms with Crippen LogP contribution in [0.2, 0.25) is 0 Å². The van der Waals surface area contributed by atoms with Crippen LogP contribution in [0.5, 0.6) is 0 Å². The zero-order valence-corrected chi connectivity index (χ0v) is 18.3. The molecular formula is C18H30O6S2. The van der Waals surface area contributed by atoms with Crippen LogP contribution in [-0.2, 0) is 28.5 Å². The second-order valence-corrected chi connectivity index (χ2v) is 8.90. The minimum Gasteiger partial charge on any atom is -0.349 e. The second-order valence-electron chi connectivity index (χ2n) is 6.40. The first-order valence-electron chi connectivity index (χ1n) is 8.52. The van der Waals surface area contributed by atoms with E-state index in [0.29, 0.717) is 17.1 Å². The largest absolute Gasteiger partial charge is 0.349 e. The molecule has 0 N–H and O–H groups in total. The monoisotopic (exact) mass is 406 g/mol. The smallest absolute Gasteiger partial charge is 0.224 e. The standard InChI is InChI=1S/C18H30O6S2/c1-9-25-14(19)13-18(11-12(3)4,15(20)26-10-2)24-17(6,22-8)16(5,21-7)23-13/h13H,3,9-11H2,1-2,4-8H3/t13-,16+,17+,18-/m0/s1. The number of rotatable bonds is 8. The zero-order valence-electron chi connectivity index (χ0n) is 16.7. The Hall–Kier alpha value is -0.380. The van der Waals surface area contributed by atoms with Gasteiger partial charge in [-0.3, -0.25) is 9.59 Å². The number of thioether (sulfide) groups is 2. The topological polar surface area (TPSA) is 71.1 Å². The molecule has 0 unspecified atom stereocenters. The van der Waals surface area contributed by atoms with E-state index < -0.39 is 23.3 Å². The lowest BCUT2D eigenvalue weighted by Crippen LogP contribution is -2.72. The highest BCUT2D eigenvalue weighted by Gasteiger charge is 2.66. The van der Waals surface area contributed by atoms with Gasteiger partial charge in [-0.2, -0.15) is 0 Å². The van der Waals surface area contributed by atoms with Gasteiger partial charge in [0.05, 0.1) is 0 Å². The van der Waals surface area contributed by atoms with Crippen LogP contribution in [0.25, 0.3) is 0 Å². The summed E-state index contributed by atoms with van der Waals surface area (Å²) in [5, 5.41) is -0.556. The fourth-order valence-corrected chi connectivity index (χ4v) is 4.29. The molecule has 4 atom stereocenters. The molecule has 0 bridgehead atoms. The van der Waals surface area contributed by atoms with Gasteiger partial charge in [0.2, 0.25) is 21.8 Å². The third kappa shape index (κ3) is 4.36. The van der Waals surface area contributed by atoms with Crippen molar-refractivity contribution in [3.8, 4) is 0 Å². The van der Waals surface area contributed by atoms with Gasteiger partial charge in [0.15, 0.2) is 11.7 Å². The summed E-state index contributed by atoms with van der Waals surface area (Å²) in [5.41, 5.74) is -0.827. The SMILES string of the molecule is C=C(C)C[C@]1(C(=O)SCC)O[C@@](C)(OC)[C@](C)(OC)O[C@H]1C(=O)SCC. The second kappa shape index (κ2) is 9.21. The molecule has 0 aromatic rings. The van der Waals surface area contributed by atoms with Crippen molar-refractivity contribution in [3.05, 3.63) is 12.2 Å². The molecule has 0 aliphatic carbocycles. The Balaban J connectivity index is 3.58. The highest BCUT2D eigenvalue weighted by molar-refractivity contribution is 8.14. The van der Waals surface area contributed by atoms with E-state index in [1.165, 1.54) is 14.2 Å². The van der Waals surface area contributed by atoms with Crippen LogP contribution in [0, 0.1) is 0 Å². The molecule has 150 valence electrons. The molecular weight excluding hydrogens is 376 g/mol. The lowest BCUT2D eigenvalue weighted by molar-refractivity contribution is -0.453. The predicted octanol–water partition coefficient (Wildman–Crippen LogP) is 3.39. The lowest BCUT2D eigenvalue weighted by atomic mass is 9.87. The summed E-state index contributed by atoms with van der Waals surface area (Å²) in [4.78, 5) is 26.0. The van der Waals surface area contributed by atoms with Gasteiger partial charge in [-0.15, -0.1) is 6.58 Å². The van der Waals surface area contributed by atoms with E-state index in [9.17, 15) is 9.59 Å². The molecule has 0 aromatic heterocycles. The van der Waals surface area contributed by atoms with Crippen LogP contribution < -0.4 is 0 Å². The van der Waals surface area contributed by atoms with Crippen LogP contribution in [0.4, 0.5) is 0 Å². The number of hydrogen-bond acceptors (Lipinski definition) is 8. The molecule has 1 saturated heterocycles. The molecule has 0 amide bonds. The van der Waals surface area contributed by atoms with Crippen LogP contribution in [0.15, 0.2) is 12.2 Å². The van der Waals surface area contributed by atoms with Gasteiger partial charge >= 0.3 is 0 Å². The fourth-order valence-electron chi connectivity index (χ4n) is 2.89. The minimum atomic E-state index is -1.53. The summed E-state index contributed by atoms with van der Waals surface area (Å²) >= 11 is 2.18. The average molecular weight is 407 g/mol. The third-order valence-electron chi connectivity index (χ3n) is 4.43. The van der Waals surface area contributed by atoms with Crippen molar-refractivity contribution in [2.75, 3.05) is 25.7 Å². The Bertz CT molecular complexity index is 554. The van der Waals surface area contributed by atoms with Gasteiger partial charge in [-0.05, 0) is 32.3 Å². The summed E-state index contributed by atoms with van der Waals surface area (Å²) in [6.45, 7) is 12.7. The molecule has 26 heavy (non-hydrogen) atoms. The first-order valence-corrected chi connectivity index (χ1v) is 10.5. The summed E-state index contributed by atoms with van der Waals surface area (Å²) in [6.07, 6.45) is -0.984. The van der Waals surface area contributed by atoms with Crippen LogP contribution in [-0.4, -0.2) is 59.2 Å². The van der Waals surface area contributed by atoms with Crippen molar-refractivity contribution in [2.45, 2.75) is 64.3 Å². The van der Waals surface area contributed by atoms with Gasteiger partial charge in [0.1, 0.15) is 0 Å². The maximum Gasteiger partial charge on any atom is 0.224 e. The van der Waals surface area contributed by atoms with E-state index in [2.05, 4.69) is 6.58 Å². The molecule has 0 radical (unpaired) electrons. The number of ether oxygens (including phenoxy) is 4. The Morgan fingerprint density at radius 2 is 1.62 bits per heavy atom. The van der Waals surface area contributed by atoms with Crippen molar-refractivity contribution in [2.24, 2.45) is 0 Å². The number of methoxy groups -OCH3 is 2. The number of carbonyl (C=O) groups excluding carboxylic acids is 2. The quantitative estimate of drug-likeness (QED) is 0.568. The molecule has 0 saturated carbocycles. The lowest BCUT2D eigenvalue weighted by Gasteiger charge is -2.55. The summed E-state index contributed by atoms with van der Waals surface area (Å²) < 4.78 is 23.5. The van der Waals surface area contributed by atoms with Crippen molar-refractivity contribution in [1.29, 1.82) is 0 Å². The Labute approximate surface area is 164 Å². The normalized spacial score (nSPS) is 34.5. The summed E-state index contributed by atoms with van der Waals surface area (Å²) in [7, 11) is 2.90. The van der Waals surface area contributed by atoms with E-state index in [1.54, 1.807) is 20.8 Å². The highest BCUT2D eigenvalue weighted by Crippen LogP contribution is 2.48. The Morgan fingerprint density at radius 3 is 2.04 bits per heavy atom. The zero-order chi connectivity index (χ0) is 20.2. The van der Waals surface area contributed by atoms with E-state index in [4.69, 9.17) is 18.9 Å². The molecule has 1 aliphatic rings. The third-order valence-corrected chi connectivity index (χ3v) is 6.12. The van der Waals surface area contributed by atoms with Crippen molar-refractivity contribution >= 4 is 33.8 Å². The molecule has 0 aromatic carbocycles. The van der Waals surface area contributed by atoms with Gasteiger partial charge in [-0.1, -0.05) is 42.9 Å². The fraction of sp³-hybridized carbons (Fsp3) is 0.778. The highest BCUT2D eigenvalue weighted by atomic mass is 32.2. The van der Waals surface area contributed by atoms with Gasteiger partial charge in [-0.25, -0.2) is 0 Å². The predicted molar refractivity (Wildman–Crippen MR) is 105 cm³/mol. The van der Waals surface area contributed by atoms with Gasteiger partial charge < -0.3 is 18.9 Å². The number of hydrogen-bond donors (Lipinski definition) is 0. The Kier molecular flexibility index (Phi) is 8.38. The van der Waals surface area contributed by atoms with Crippen molar-refractivity contribution < 1.29 is 28.5 Å². The van der Waals surface area contributed by atoms with Crippen LogP contribution in [0.3, 0.4) is 0 Å². The first kappa shape index (κ1) is 23.7. The summed E-state index contributed by atoms with van der Waals surface area (Å²) in [6, 6.07) is 0. The number of carbonyl (C=O) groups is 2. The van der Waals surface area contributed by atoms with E-state index in [0.717, 1.165) is 23.5 Å². The first-order chi connectivity index (χ1) is 12.1. The van der Waals surface area contributed by atoms with Gasteiger partial charge in [0, 0.05) is 20.6 Å².